The predicted molar refractivity (Wildman–Crippen MR) is 72.4 cm³/mol. The van der Waals surface area contributed by atoms with Gasteiger partial charge in [0.2, 0.25) is 0 Å². The third kappa shape index (κ3) is 4.90. The first kappa shape index (κ1) is 15.5. The quantitative estimate of drug-likeness (QED) is 0.612. The molecular weight excluding hydrogens is 266 g/mol. The zero-order valence-electron chi connectivity index (χ0n) is 11.0. The number of hydrogen-bond donors (Lipinski definition) is 1. The number of thioether (sulfide) groups is 1. The van der Waals surface area contributed by atoms with Crippen molar-refractivity contribution < 1.29 is 19.4 Å². The second-order valence-electron chi connectivity index (χ2n) is 3.83. The van der Waals surface area contributed by atoms with E-state index in [1.165, 1.54) is 24.0 Å². The summed E-state index contributed by atoms with van der Waals surface area (Å²) in [7, 11) is 0. The second kappa shape index (κ2) is 7.78. The van der Waals surface area contributed by atoms with Crippen molar-refractivity contribution in [2.75, 3.05) is 6.61 Å². The Labute approximate surface area is 116 Å². The largest absolute Gasteiger partial charge is 0.477 e. The van der Waals surface area contributed by atoms with Crippen LogP contribution in [0.3, 0.4) is 0 Å². The SMILES string of the molecule is CCCC(Sc1ccnc(C(=O)O)c1)C(=O)OCC. The molecule has 1 N–H and O–H groups in total. The molecule has 5 nitrogen and oxygen atoms in total. The van der Waals surface area contributed by atoms with E-state index in [1.807, 2.05) is 6.92 Å². The van der Waals surface area contributed by atoms with Gasteiger partial charge in [-0.3, -0.25) is 4.79 Å². The highest BCUT2D eigenvalue weighted by molar-refractivity contribution is 8.00. The maximum absolute atomic E-state index is 11.8. The summed E-state index contributed by atoms with van der Waals surface area (Å²) in [6, 6.07) is 3.16. The van der Waals surface area contributed by atoms with Crippen LogP contribution in [0.1, 0.15) is 37.2 Å². The molecule has 0 aliphatic rings. The molecule has 0 aliphatic carbocycles. The highest BCUT2D eigenvalue weighted by Gasteiger charge is 2.20. The van der Waals surface area contributed by atoms with Crippen LogP contribution in [0, 0.1) is 0 Å². The Morgan fingerprint density at radius 3 is 2.79 bits per heavy atom. The van der Waals surface area contributed by atoms with Crippen molar-refractivity contribution in [3.63, 3.8) is 0 Å². The number of carbonyl (C=O) groups excluding carboxylic acids is 1. The number of hydrogen-bond acceptors (Lipinski definition) is 5. The third-order valence-electron chi connectivity index (χ3n) is 2.33. The molecule has 0 radical (unpaired) electrons. The predicted octanol–water partition coefficient (Wildman–Crippen LogP) is 2.60. The summed E-state index contributed by atoms with van der Waals surface area (Å²) in [6.45, 7) is 4.10. The van der Waals surface area contributed by atoms with Gasteiger partial charge in [-0.15, -0.1) is 11.8 Å². The van der Waals surface area contributed by atoms with Gasteiger partial charge in [0.1, 0.15) is 10.9 Å². The van der Waals surface area contributed by atoms with Crippen molar-refractivity contribution in [3.05, 3.63) is 24.0 Å². The van der Waals surface area contributed by atoms with Gasteiger partial charge in [0.25, 0.3) is 0 Å². The number of carboxylic acids is 1. The molecule has 19 heavy (non-hydrogen) atoms. The van der Waals surface area contributed by atoms with Gasteiger partial charge in [-0.1, -0.05) is 13.3 Å². The maximum atomic E-state index is 11.8. The summed E-state index contributed by atoms with van der Waals surface area (Å²) >= 11 is 1.32. The lowest BCUT2D eigenvalue weighted by atomic mass is 10.2. The molecule has 0 aliphatic heterocycles. The normalized spacial score (nSPS) is 11.9. The van der Waals surface area contributed by atoms with Gasteiger partial charge in [-0.2, -0.15) is 0 Å². The van der Waals surface area contributed by atoms with E-state index in [4.69, 9.17) is 9.84 Å². The Bertz CT molecular complexity index is 450. The number of pyridine rings is 1. The Kier molecular flexibility index (Phi) is 6.35. The third-order valence-corrected chi connectivity index (χ3v) is 3.57. The van der Waals surface area contributed by atoms with Crippen LogP contribution in [-0.2, 0) is 9.53 Å². The molecule has 1 aromatic heterocycles. The molecule has 0 saturated carbocycles. The summed E-state index contributed by atoms with van der Waals surface area (Å²) < 4.78 is 5.01. The van der Waals surface area contributed by atoms with Crippen molar-refractivity contribution in [1.29, 1.82) is 0 Å². The Morgan fingerprint density at radius 2 is 2.21 bits per heavy atom. The van der Waals surface area contributed by atoms with Gasteiger partial charge in [-0.25, -0.2) is 9.78 Å². The van der Waals surface area contributed by atoms with E-state index < -0.39 is 5.97 Å². The number of carbonyl (C=O) groups is 2. The van der Waals surface area contributed by atoms with E-state index in [0.29, 0.717) is 17.9 Å². The van der Waals surface area contributed by atoms with Crippen molar-refractivity contribution in [2.45, 2.75) is 36.8 Å². The molecule has 1 atom stereocenters. The van der Waals surface area contributed by atoms with Crippen LogP contribution in [0.5, 0.6) is 0 Å². The van der Waals surface area contributed by atoms with Gasteiger partial charge < -0.3 is 9.84 Å². The standard InChI is InChI=1S/C13H17NO4S/c1-3-5-11(13(17)18-4-2)19-9-6-7-14-10(8-9)12(15)16/h6-8,11H,3-5H2,1-2H3,(H,15,16). The zero-order valence-corrected chi connectivity index (χ0v) is 11.8. The monoisotopic (exact) mass is 283 g/mol. The lowest BCUT2D eigenvalue weighted by Gasteiger charge is -2.14. The topological polar surface area (TPSA) is 76.5 Å². The van der Waals surface area contributed by atoms with E-state index >= 15 is 0 Å². The summed E-state index contributed by atoms with van der Waals surface area (Å²) in [6.07, 6.45) is 2.97. The van der Waals surface area contributed by atoms with E-state index in [2.05, 4.69) is 4.98 Å². The number of esters is 1. The fourth-order valence-corrected chi connectivity index (χ4v) is 2.65. The molecule has 104 valence electrons. The number of aromatic carboxylic acids is 1. The number of nitrogens with zero attached hydrogens (tertiary/aromatic N) is 1. The van der Waals surface area contributed by atoms with Crippen molar-refractivity contribution in [2.24, 2.45) is 0 Å². The Balaban J connectivity index is 2.81. The smallest absolute Gasteiger partial charge is 0.354 e. The van der Waals surface area contributed by atoms with E-state index in [-0.39, 0.29) is 16.9 Å². The van der Waals surface area contributed by atoms with Gasteiger partial charge in [0.15, 0.2) is 0 Å². The molecule has 0 bridgehead atoms. The van der Waals surface area contributed by atoms with Crippen LogP contribution >= 0.6 is 11.8 Å². The van der Waals surface area contributed by atoms with Crippen LogP contribution < -0.4 is 0 Å². The lowest BCUT2D eigenvalue weighted by Crippen LogP contribution is -2.20. The van der Waals surface area contributed by atoms with Gasteiger partial charge in [-0.05, 0) is 25.5 Å². The van der Waals surface area contributed by atoms with E-state index in [1.54, 1.807) is 13.0 Å². The molecule has 0 saturated heterocycles. The van der Waals surface area contributed by atoms with Crippen LogP contribution in [0.25, 0.3) is 0 Å². The average Bonchev–Trinajstić information content (AvgIpc) is 2.39. The number of aromatic nitrogens is 1. The summed E-state index contributed by atoms with van der Waals surface area (Å²) in [5.41, 5.74) is -0.0240. The number of carboxylic acid groups (broad SMARTS) is 1. The van der Waals surface area contributed by atoms with Crippen LogP contribution in [0.4, 0.5) is 0 Å². The first-order valence-electron chi connectivity index (χ1n) is 6.11. The fourth-order valence-electron chi connectivity index (χ4n) is 1.49. The zero-order chi connectivity index (χ0) is 14.3. The summed E-state index contributed by atoms with van der Waals surface area (Å²) in [4.78, 5) is 27.1. The van der Waals surface area contributed by atoms with Crippen LogP contribution in [-0.4, -0.2) is 33.9 Å². The van der Waals surface area contributed by atoms with Gasteiger partial charge in [0, 0.05) is 11.1 Å². The van der Waals surface area contributed by atoms with Gasteiger partial charge in [0.05, 0.1) is 6.61 Å². The molecule has 0 fully saturated rings. The molecule has 1 unspecified atom stereocenters. The first-order chi connectivity index (χ1) is 9.08. The molecule has 0 amide bonds. The molecular formula is C13H17NO4S. The van der Waals surface area contributed by atoms with Crippen molar-refractivity contribution in [3.8, 4) is 0 Å². The first-order valence-corrected chi connectivity index (χ1v) is 6.99. The Hall–Kier alpha value is -1.56. The maximum Gasteiger partial charge on any atom is 0.354 e. The highest BCUT2D eigenvalue weighted by atomic mass is 32.2. The molecule has 0 aromatic carbocycles. The fraction of sp³-hybridized carbons (Fsp3) is 0.462. The van der Waals surface area contributed by atoms with E-state index in [9.17, 15) is 9.59 Å². The molecule has 6 heteroatoms. The van der Waals surface area contributed by atoms with E-state index in [0.717, 1.165) is 6.42 Å². The molecule has 1 heterocycles. The summed E-state index contributed by atoms with van der Waals surface area (Å²) in [5, 5.41) is 8.57. The number of rotatable bonds is 7. The second-order valence-corrected chi connectivity index (χ2v) is 5.11. The number of ether oxygens (including phenoxy) is 1. The lowest BCUT2D eigenvalue weighted by molar-refractivity contribution is -0.142. The highest BCUT2D eigenvalue weighted by Crippen LogP contribution is 2.27. The van der Waals surface area contributed by atoms with Crippen molar-refractivity contribution >= 4 is 23.7 Å². The average molecular weight is 283 g/mol. The molecule has 1 aromatic rings. The molecule has 1 rings (SSSR count). The van der Waals surface area contributed by atoms with Crippen molar-refractivity contribution in [1.82, 2.24) is 4.98 Å². The van der Waals surface area contributed by atoms with Crippen LogP contribution in [0.15, 0.2) is 23.2 Å². The van der Waals surface area contributed by atoms with Crippen LogP contribution in [0.2, 0.25) is 0 Å². The Morgan fingerprint density at radius 1 is 1.47 bits per heavy atom. The summed E-state index contributed by atoms with van der Waals surface area (Å²) in [5.74, 6) is -1.34. The van der Waals surface area contributed by atoms with Gasteiger partial charge >= 0.3 is 11.9 Å². The minimum absolute atomic E-state index is 0.0240. The molecule has 0 spiro atoms. The minimum atomic E-state index is -1.08. The minimum Gasteiger partial charge on any atom is -0.477 e.